The SMILES string of the molecule is O=C(O)c1coc(CNS(=O)(=O)c2ccc(Cl)cc2F)c1. The van der Waals surface area contributed by atoms with E-state index in [2.05, 4.69) is 4.72 Å². The highest BCUT2D eigenvalue weighted by Crippen LogP contribution is 2.19. The molecule has 0 radical (unpaired) electrons. The topological polar surface area (TPSA) is 96.6 Å². The number of rotatable bonds is 5. The molecule has 0 unspecified atom stereocenters. The molecular weight excluding hydrogens is 325 g/mol. The number of nitrogens with one attached hydrogen (secondary N) is 1. The van der Waals surface area contributed by atoms with Gasteiger partial charge >= 0.3 is 5.97 Å². The van der Waals surface area contributed by atoms with Crippen molar-refractivity contribution in [3.63, 3.8) is 0 Å². The minimum Gasteiger partial charge on any atom is -0.478 e. The molecule has 0 atom stereocenters. The van der Waals surface area contributed by atoms with Gasteiger partial charge in [0.2, 0.25) is 10.0 Å². The third kappa shape index (κ3) is 3.60. The zero-order valence-corrected chi connectivity index (χ0v) is 11.9. The predicted octanol–water partition coefficient (Wildman–Crippen LogP) is 2.25. The van der Waals surface area contributed by atoms with Gasteiger partial charge in [-0.3, -0.25) is 0 Å². The van der Waals surface area contributed by atoms with E-state index < -0.39 is 26.7 Å². The van der Waals surface area contributed by atoms with Crippen molar-refractivity contribution in [1.29, 1.82) is 0 Å². The van der Waals surface area contributed by atoms with Gasteiger partial charge in [-0.05, 0) is 24.3 Å². The van der Waals surface area contributed by atoms with Gasteiger partial charge in [-0.15, -0.1) is 0 Å². The average molecular weight is 334 g/mol. The molecule has 21 heavy (non-hydrogen) atoms. The van der Waals surface area contributed by atoms with Gasteiger partial charge < -0.3 is 9.52 Å². The molecule has 0 aliphatic rings. The number of halogens is 2. The first-order chi connectivity index (χ1) is 9.79. The van der Waals surface area contributed by atoms with E-state index in [0.717, 1.165) is 18.4 Å². The number of carboxylic acids is 1. The molecule has 0 spiro atoms. The van der Waals surface area contributed by atoms with Gasteiger partial charge in [0.25, 0.3) is 0 Å². The molecule has 1 aromatic heterocycles. The third-order valence-electron chi connectivity index (χ3n) is 2.52. The minimum atomic E-state index is -4.11. The van der Waals surface area contributed by atoms with Crippen molar-refractivity contribution in [3.05, 3.63) is 52.7 Å². The fourth-order valence-corrected chi connectivity index (χ4v) is 2.73. The lowest BCUT2D eigenvalue weighted by molar-refractivity contribution is 0.0696. The summed E-state index contributed by atoms with van der Waals surface area (Å²) in [5.74, 6) is -2.09. The Hall–Kier alpha value is -1.90. The predicted molar refractivity (Wildman–Crippen MR) is 71.1 cm³/mol. The van der Waals surface area contributed by atoms with Crippen LogP contribution in [0.2, 0.25) is 5.02 Å². The highest BCUT2D eigenvalue weighted by molar-refractivity contribution is 7.89. The first-order valence-electron chi connectivity index (χ1n) is 5.55. The second-order valence-electron chi connectivity index (χ2n) is 4.01. The Bertz CT molecular complexity index is 787. The molecular formula is C12H9ClFNO5S. The summed E-state index contributed by atoms with van der Waals surface area (Å²) < 4.78 is 44.4. The first kappa shape index (κ1) is 15.5. The number of benzene rings is 1. The molecule has 2 aromatic rings. The van der Waals surface area contributed by atoms with Crippen LogP contribution in [0.3, 0.4) is 0 Å². The maximum Gasteiger partial charge on any atom is 0.338 e. The monoisotopic (exact) mass is 333 g/mol. The van der Waals surface area contributed by atoms with Gasteiger partial charge in [0.05, 0.1) is 12.1 Å². The van der Waals surface area contributed by atoms with Crippen LogP contribution in [-0.4, -0.2) is 19.5 Å². The van der Waals surface area contributed by atoms with Gasteiger partial charge in [-0.2, -0.15) is 0 Å². The van der Waals surface area contributed by atoms with E-state index in [9.17, 15) is 17.6 Å². The van der Waals surface area contributed by atoms with E-state index in [4.69, 9.17) is 21.1 Å². The Morgan fingerprint density at radius 2 is 2.10 bits per heavy atom. The normalized spacial score (nSPS) is 11.5. The van der Waals surface area contributed by atoms with Gasteiger partial charge in [0, 0.05) is 5.02 Å². The molecule has 1 heterocycles. The molecule has 0 bridgehead atoms. The molecule has 0 amide bonds. The molecule has 2 N–H and O–H groups in total. The largest absolute Gasteiger partial charge is 0.478 e. The van der Waals surface area contributed by atoms with Gasteiger partial charge in [-0.1, -0.05) is 11.6 Å². The number of hydrogen-bond acceptors (Lipinski definition) is 4. The summed E-state index contributed by atoms with van der Waals surface area (Å²) in [6, 6.07) is 4.33. The molecule has 9 heteroatoms. The first-order valence-corrected chi connectivity index (χ1v) is 7.41. The summed E-state index contributed by atoms with van der Waals surface area (Å²) >= 11 is 5.55. The van der Waals surface area contributed by atoms with Crippen molar-refractivity contribution < 1.29 is 27.1 Å². The number of hydrogen-bond donors (Lipinski definition) is 2. The van der Waals surface area contributed by atoms with Crippen LogP contribution in [0.15, 0.2) is 39.8 Å². The molecule has 0 aliphatic heterocycles. The summed E-state index contributed by atoms with van der Waals surface area (Å²) in [6.07, 6.45) is 0.981. The molecule has 1 aromatic carbocycles. The number of aromatic carboxylic acids is 1. The van der Waals surface area contributed by atoms with Gasteiger partial charge in [0.1, 0.15) is 22.7 Å². The fraction of sp³-hybridized carbons (Fsp3) is 0.0833. The minimum absolute atomic E-state index is 0.0728. The van der Waals surface area contributed by atoms with E-state index in [1.807, 2.05) is 0 Å². The van der Waals surface area contributed by atoms with Crippen LogP contribution >= 0.6 is 11.6 Å². The van der Waals surface area contributed by atoms with Crippen LogP contribution in [0.25, 0.3) is 0 Å². The summed E-state index contributed by atoms with van der Waals surface area (Å²) in [7, 11) is -4.11. The lowest BCUT2D eigenvalue weighted by Gasteiger charge is -2.06. The van der Waals surface area contributed by atoms with Crippen molar-refractivity contribution in [3.8, 4) is 0 Å². The lowest BCUT2D eigenvalue weighted by Crippen LogP contribution is -2.24. The smallest absolute Gasteiger partial charge is 0.338 e. The summed E-state index contributed by atoms with van der Waals surface area (Å²) in [5.41, 5.74) is -0.109. The zero-order chi connectivity index (χ0) is 15.6. The van der Waals surface area contributed by atoms with Crippen molar-refractivity contribution >= 4 is 27.6 Å². The van der Waals surface area contributed by atoms with E-state index in [0.29, 0.717) is 0 Å². The molecule has 0 saturated carbocycles. The van der Waals surface area contributed by atoms with Crippen molar-refractivity contribution in [2.45, 2.75) is 11.4 Å². The molecule has 0 aliphatic carbocycles. The van der Waals surface area contributed by atoms with Crippen LogP contribution in [0.1, 0.15) is 16.1 Å². The van der Waals surface area contributed by atoms with Crippen molar-refractivity contribution in [2.75, 3.05) is 0 Å². The van der Waals surface area contributed by atoms with E-state index in [-0.39, 0.29) is 22.9 Å². The lowest BCUT2D eigenvalue weighted by atomic mass is 10.3. The quantitative estimate of drug-likeness (QED) is 0.874. The standard InChI is InChI=1S/C12H9ClFNO5S/c13-8-1-2-11(10(14)4-8)21(18,19)15-5-9-3-7(6-20-9)12(16)17/h1-4,6,15H,5H2,(H,16,17). The number of carbonyl (C=O) groups is 1. The molecule has 0 saturated heterocycles. The average Bonchev–Trinajstić information content (AvgIpc) is 2.85. The highest BCUT2D eigenvalue weighted by Gasteiger charge is 2.20. The fourth-order valence-electron chi connectivity index (χ4n) is 1.52. The third-order valence-corrected chi connectivity index (χ3v) is 4.19. The van der Waals surface area contributed by atoms with Gasteiger partial charge in [-0.25, -0.2) is 22.3 Å². The summed E-state index contributed by atoms with van der Waals surface area (Å²) in [5, 5.41) is 8.78. The Kier molecular flexibility index (Phi) is 4.31. The van der Waals surface area contributed by atoms with Crippen LogP contribution in [-0.2, 0) is 16.6 Å². The molecule has 6 nitrogen and oxygen atoms in total. The van der Waals surface area contributed by atoms with Crippen molar-refractivity contribution in [1.82, 2.24) is 4.72 Å². The van der Waals surface area contributed by atoms with Gasteiger partial charge in [0.15, 0.2) is 0 Å². The summed E-state index contributed by atoms with van der Waals surface area (Å²) in [6.45, 7) is -0.308. The second-order valence-corrected chi connectivity index (χ2v) is 6.18. The van der Waals surface area contributed by atoms with Crippen LogP contribution in [0, 0.1) is 5.82 Å². The Morgan fingerprint density at radius 3 is 2.67 bits per heavy atom. The van der Waals surface area contributed by atoms with Crippen LogP contribution in [0.4, 0.5) is 4.39 Å². The maximum absolute atomic E-state index is 13.6. The highest BCUT2D eigenvalue weighted by atomic mass is 35.5. The summed E-state index contributed by atoms with van der Waals surface area (Å²) in [4.78, 5) is 10.1. The molecule has 2 rings (SSSR count). The number of furan rings is 1. The maximum atomic E-state index is 13.6. The number of sulfonamides is 1. The Balaban J connectivity index is 2.15. The van der Waals surface area contributed by atoms with E-state index >= 15 is 0 Å². The second kappa shape index (κ2) is 5.84. The Morgan fingerprint density at radius 1 is 1.38 bits per heavy atom. The van der Waals surface area contributed by atoms with Crippen LogP contribution < -0.4 is 4.72 Å². The number of carboxylic acid groups (broad SMARTS) is 1. The van der Waals surface area contributed by atoms with Crippen LogP contribution in [0.5, 0.6) is 0 Å². The molecule has 112 valence electrons. The van der Waals surface area contributed by atoms with Crippen molar-refractivity contribution in [2.24, 2.45) is 0 Å². The zero-order valence-electron chi connectivity index (χ0n) is 10.3. The van der Waals surface area contributed by atoms with E-state index in [1.165, 1.54) is 12.1 Å². The molecule has 0 fully saturated rings. The Labute approximate surface area is 124 Å². The van der Waals surface area contributed by atoms with E-state index in [1.54, 1.807) is 0 Å².